The molecule has 0 heterocycles. The van der Waals surface area contributed by atoms with Crippen LogP contribution in [-0.2, 0) is 11.3 Å². The Labute approximate surface area is 163 Å². The third-order valence-corrected chi connectivity index (χ3v) is 4.95. The predicted octanol–water partition coefficient (Wildman–Crippen LogP) is 4.47. The Morgan fingerprint density at radius 1 is 1.15 bits per heavy atom. The molecule has 1 N–H and O–H groups in total. The van der Waals surface area contributed by atoms with Gasteiger partial charge in [-0.2, -0.15) is 0 Å². The number of carbonyl (C=O) groups is 1. The summed E-state index contributed by atoms with van der Waals surface area (Å²) in [5.41, 5.74) is 1.50. The van der Waals surface area contributed by atoms with Gasteiger partial charge in [0.1, 0.15) is 0 Å². The van der Waals surface area contributed by atoms with Crippen molar-refractivity contribution >= 4 is 34.8 Å². The standard InChI is InChI=1S/C19H22Cl2N2O3/c1-12(19(24)22-15-7-5-6-14(20)18(15)21)23(2)11-13-8-9-16(25-3)17(10-13)26-4/h5-10,12H,11H2,1-4H3,(H,22,24)/t12-/m1/s1. The van der Waals surface area contributed by atoms with E-state index in [1.54, 1.807) is 32.4 Å². The number of hydrogen-bond acceptors (Lipinski definition) is 4. The average Bonchev–Trinajstić information content (AvgIpc) is 2.64. The van der Waals surface area contributed by atoms with Crippen LogP contribution < -0.4 is 14.8 Å². The van der Waals surface area contributed by atoms with Crippen molar-refractivity contribution in [3.63, 3.8) is 0 Å². The largest absolute Gasteiger partial charge is 0.493 e. The minimum Gasteiger partial charge on any atom is -0.493 e. The van der Waals surface area contributed by atoms with E-state index in [4.69, 9.17) is 32.7 Å². The van der Waals surface area contributed by atoms with E-state index in [-0.39, 0.29) is 11.9 Å². The molecule has 1 amide bonds. The fourth-order valence-electron chi connectivity index (χ4n) is 2.44. The highest BCUT2D eigenvalue weighted by Gasteiger charge is 2.20. The highest BCUT2D eigenvalue weighted by molar-refractivity contribution is 6.44. The fraction of sp³-hybridized carbons (Fsp3) is 0.316. The zero-order valence-electron chi connectivity index (χ0n) is 15.2. The molecule has 140 valence electrons. The lowest BCUT2D eigenvalue weighted by Crippen LogP contribution is -2.39. The molecular weight excluding hydrogens is 375 g/mol. The molecule has 0 fully saturated rings. The van der Waals surface area contributed by atoms with Crippen molar-refractivity contribution in [3.05, 3.63) is 52.0 Å². The molecule has 0 radical (unpaired) electrons. The summed E-state index contributed by atoms with van der Waals surface area (Å²) in [6, 6.07) is 10.4. The molecule has 0 aliphatic carbocycles. The normalized spacial score (nSPS) is 12.0. The van der Waals surface area contributed by atoms with Gasteiger partial charge in [0.2, 0.25) is 5.91 Å². The summed E-state index contributed by atoms with van der Waals surface area (Å²) >= 11 is 12.1. The number of ether oxygens (including phenoxy) is 2. The zero-order valence-corrected chi connectivity index (χ0v) is 16.7. The van der Waals surface area contributed by atoms with E-state index in [2.05, 4.69) is 5.32 Å². The summed E-state index contributed by atoms with van der Waals surface area (Å²) in [6.45, 7) is 2.40. The number of halogens is 2. The molecule has 0 saturated carbocycles. The van der Waals surface area contributed by atoms with E-state index < -0.39 is 0 Å². The van der Waals surface area contributed by atoms with Gasteiger partial charge < -0.3 is 14.8 Å². The van der Waals surface area contributed by atoms with Crippen molar-refractivity contribution in [3.8, 4) is 11.5 Å². The third-order valence-electron chi connectivity index (χ3n) is 4.13. The molecular formula is C19H22Cl2N2O3. The van der Waals surface area contributed by atoms with E-state index in [0.717, 1.165) is 5.56 Å². The number of anilines is 1. The van der Waals surface area contributed by atoms with Crippen molar-refractivity contribution in [2.75, 3.05) is 26.6 Å². The summed E-state index contributed by atoms with van der Waals surface area (Å²) in [6.07, 6.45) is 0. The van der Waals surface area contributed by atoms with Crippen molar-refractivity contribution in [2.24, 2.45) is 0 Å². The van der Waals surface area contributed by atoms with Gasteiger partial charge in [0.25, 0.3) is 0 Å². The van der Waals surface area contributed by atoms with Crippen molar-refractivity contribution in [1.29, 1.82) is 0 Å². The monoisotopic (exact) mass is 396 g/mol. The third kappa shape index (κ3) is 4.81. The van der Waals surface area contributed by atoms with Crippen molar-refractivity contribution < 1.29 is 14.3 Å². The predicted molar refractivity (Wildman–Crippen MR) is 106 cm³/mol. The van der Waals surface area contributed by atoms with Crippen molar-refractivity contribution in [2.45, 2.75) is 19.5 Å². The van der Waals surface area contributed by atoms with E-state index in [1.807, 2.05) is 37.1 Å². The number of hydrogen-bond donors (Lipinski definition) is 1. The number of methoxy groups -OCH3 is 2. The van der Waals surface area contributed by atoms with Crippen LogP contribution in [0.25, 0.3) is 0 Å². The molecule has 2 rings (SSSR count). The molecule has 0 aliphatic heterocycles. The minimum absolute atomic E-state index is 0.169. The summed E-state index contributed by atoms with van der Waals surface area (Å²) in [5, 5.41) is 3.55. The van der Waals surface area contributed by atoms with Crippen LogP contribution in [-0.4, -0.2) is 38.1 Å². The Hall–Kier alpha value is -1.95. The van der Waals surface area contributed by atoms with Gasteiger partial charge in [0.15, 0.2) is 11.5 Å². The van der Waals surface area contributed by atoms with Gasteiger partial charge in [-0.05, 0) is 43.8 Å². The van der Waals surface area contributed by atoms with Gasteiger partial charge in [-0.1, -0.05) is 35.3 Å². The van der Waals surface area contributed by atoms with Crippen LogP contribution >= 0.6 is 23.2 Å². The maximum Gasteiger partial charge on any atom is 0.241 e. The molecule has 26 heavy (non-hydrogen) atoms. The Morgan fingerprint density at radius 3 is 2.50 bits per heavy atom. The van der Waals surface area contributed by atoms with Crippen LogP contribution in [0.1, 0.15) is 12.5 Å². The Bertz CT molecular complexity index is 783. The van der Waals surface area contributed by atoms with Gasteiger partial charge in [0, 0.05) is 6.54 Å². The average molecular weight is 397 g/mol. The molecule has 7 heteroatoms. The van der Waals surface area contributed by atoms with E-state index >= 15 is 0 Å². The van der Waals surface area contributed by atoms with Crippen LogP contribution in [0.3, 0.4) is 0 Å². The molecule has 2 aromatic carbocycles. The maximum atomic E-state index is 12.5. The van der Waals surface area contributed by atoms with Gasteiger partial charge >= 0.3 is 0 Å². The van der Waals surface area contributed by atoms with Crippen molar-refractivity contribution in [1.82, 2.24) is 4.90 Å². The van der Waals surface area contributed by atoms with Crippen LogP contribution in [0.15, 0.2) is 36.4 Å². The molecule has 0 saturated heterocycles. The first-order chi connectivity index (χ1) is 12.4. The first-order valence-corrected chi connectivity index (χ1v) is 8.79. The lowest BCUT2D eigenvalue weighted by atomic mass is 10.1. The minimum atomic E-state index is -0.377. The molecule has 0 aromatic heterocycles. The van der Waals surface area contributed by atoms with Gasteiger partial charge in [0.05, 0.1) is 36.0 Å². The molecule has 5 nitrogen and oxygen atoms in total. The summed E-state index contributed by atoms with van der Waals surface area (Å²) in [5.74, 6) is 1.15. The number of carbonyl (C=O) groups excluding carboxylic acids is 1. The van der Waals surface area contributed by atoms with E-state index in [1.165, 1.54) is 0 Å². The lowest BCUT2D eigenvalue weighted by molar-refractivity contribution is -0.120. The first-order valence-electron chi connectivity index (χ1n) is 8.03. The van der Waals surface area contributed by atoms with E-state index in [0.29, 0.717) is 33.8 Å². The Morgan fingerprint density at radius 2 is 1.85 bits per heavy atom. The number of benzene rings is 2. The van der Waals surface area contributed by atoms with Gasteiger partial charge in [-0.25, -0.2) is 0 Å². The number of rotatable bonds is 7. The highest BCUT2D eigenvalue weighted by atomic mass is 35.5. The van der Waals surface area contributed by atoms with Crippen LogP contribution in [0.2, 0.25) is 10.0 Å². The first kappa shape index (κ1) is 20.4. The Balaban J connectivity index is 2.05. The smallest absolute Gasteiger partial charge is 0.241 e. The summed E-state index contributed by atoms with van der Waals surface area (Å²) < 4.78 is 10.6. The number of amides is 1. The molecule has 2 aromatic rings. The second-order valence-electron chi connectivity index (χ2n) is 5.87. The number of nitrogens with one attached hydrogen (secondary N) is 1. The van der Waals surface area contributed by atoms with E-state index in [9.17, 15) is 4.79 Å². The highest BCUT2D eigenvalue weighted by Crippen LogP contribution is 2.30. The Kier molecular flexibility index (Phi) is 7.14. The van der Waals surface area contributed by atoms with Gasteiger partial charge in [-0.15, -0.1) is 0 Å². The summed E-state index contributed by atoms with van der Waals surface area (Å²) in [4.78, 5) is 14.5. The zero-order chi connectivity index (χ0) is 19.3. The topological polar surface area (TPSA) is 50.8 Å². The second kappa shape index (κ2) is 9.12. The summed E-state index contributed by atoms with van der Waals surface area (Å²) in [7, 11) is 5.06. The molecule has 0 spiro atoms. The second-order valence-corrected chi connectivity index (χ2v) is 6.66. The maximum absolute atomic E-state index is 12.5. The van der Waals surface area contributed by atoms with Crippen LogP contribution in [0, 0.1) is 0 Å². The SMILES string of the molecule is COc1ccc(CN(C)[C@H](C)C(=O)Nc2cccc(Cl)c2Cl)cc1OC. The fourth-order valence-corrected chi connectivity index (χ4v) is 2.79. The molecule has 0 aliphatic rings. The molecule has 1 atom stereocenters. The molecule has 0 bridgehead atoms. The van der Waals surface area contributed by atoms with Gasteiger partial charge in [-0.3, -0.25) is 9.69 Å². The molecule has 0 unspecified atom stereocenters. The van der Waals surface area contributed by atoms with Crippen LogP contribution in [0.5, 0.6) is 11.5 Å². The lowest BCUT2D eigenvalue weighted by Gasteiger charge is -2.24. The number of likely N-dealkylation sites (N-methyl/N-ethyl adjacent to an activating group) is 1. The number of nitrogens with zero attached hydrogens (tertiary/aromatic N) is 1. The van der Waals surface area contributed by atoms with Crippen LogP contribution in [0.4, 0.5) is 5.69 Å². The quantitative estimate of drug-likeness (QED) is 0.749.